The summed E-state index contributed by atoms with van der Waals surface area (Å²) in [5, 5.41) is 14.1. The molecular weight excluding hydrogens is 313 g/mol. The molecule has 0 aliphatic carbocycles. The van der Waals surface area contributed by atoms with Crippen molar-refractivity contribution in [3.8, 4) is 0 Å². The number of amides is 2. The van der Waals surface area contributed by atoms with Crippen LogP contribution in [-0.2, 0) is 15.8 Å². The Balaban J connectivity index is 2.48. The zero-order chi connectivity index (χ0) is 17.6. The molecule has 0 aromatic heterocycles. The highest BCUT2D eigenvalue weighted by atomic mass is 19.4. The van der Waals surface area contributed by atoms with Crippen LogP contribution in [0.1, 0.15) is 25.8 Å². The zero-order valence-corrected chi connectivity index (χ0v) is 12.8. The van der Waals surface area contributed by atoms with E-state index in [2.05, 4.69) is 10.6 Å². The van der Waals surface area contributed by atoms with Crippen molar-refractivity contribution >= 4 is 17.5 Å². The second kappa shape index (κ2) is 7.96. The van der Waals surface area contributed by atoms with E-state index in [1.165, 1.54) is 0 Å². The molecule has 1 atom stereocenters. The summed E-state index contributed by atoms with van der Waals surface area (Å²) in [5.41, 5.74) is -0.761. The maximum absolute atomic E-state index is 12.4. The maximum Gasteiger partial charge on any atom is 0.416 e. The van der Waals surface area contributed by atoms with Crippen molar-refractivity contribution in [2.45, 2.75) is 32.5 Å². The number of hydrogen-bond acceptors (Lipinski definition) is 3. The summed E-state index contributed by atoms with van der Waals surface area (Å²) in [4.78, 5) is 23.1. The van der Waals surface area contributed by atoms with Gasteiger partial charge in [0.15, 0.2) is 0 Å². The monoisotopic (exact) mass is 332 g/mol. The van der Waals surface area contributed by atoms with E-state index in [1.807, 2.05) is 13.8 Å². The summed E-state index contributed by atoms with van der Waals surface area (Å²) < 4.78 is 37.2. The molecule has 0 fully saturated rings. The molecule has 128 valence electrons. The summed E-state index contributed by atoms with van der Waals surface area (Å²) in [6.45, 7) is 3.77. The first kappa shape index (κ1) is 19.0. The molecule has 23 heavy (non-hydrogen) atoms. The van der Waals surface area contributed by atoms with Crippen LogP contribution in [0.15, 0.2) is 24.3 Å². The number of hydrogen-bond donors (Lipinski definition) is 3. The second-order valence-electron chi connectivity index (χ2n) is 5.39. The lowest BCUT2D eigenvalue weighted by atomic mass is 10.0. The average Bonchev–Trinajstić information content (AvgIpc) is 2.46. The number of halogens is 3. The predicted molar refractivity (Wildman–Crippen MR) is 78.5 cm³/mol. The van der Waals surface area contributed by atoms with Crippen LogP contribution in [0, 0.1) is 5.92 Å². The average molecular weight is 332 g/mol. The van der Waals surface area contributed by atoms with Gasteiger partial charge in [-0.25, -0.2) is 0 Å². The SMILES string of the molecule is CC(C)C(O)CCNC(=O)C(=O)Nc1ccc(C(F)(F)F)cc1. The molecule has 0 aliphatic rings. The standard InChI is InChI=1S/C15H19F3N2O3/c1-9(2)12(21)7-8-19-13(22)14(23)20-11-5-3-10(4-6-11)15(16,17)18/h3-6,9,12,21H,7-8H2,1-2H3,(H,19,22)(H,20,23). The third-order valence-electron chi connectivity index (χ3n) is 3.17. The third kappa shape index (κ3) is 6.27. The highest BCUT2D eigenvalue weighted by Gasteiger charge is 2.30. The van der Waals surface area contributed by atoms with E-state index in [9.17, 15) is 27.9 Å². The number of carbonyl (C=O) groups excluding carboxylic acids is 2. The molecule has 0 radical (unpaired) electrons. The van der Waals surface area contributed by atoms with Gasteiger partial charge in [-0.2, -0.15) is 13.2 Å². The molecule has 0 aliphatic heterocycles. The van der Waals surface area contributed by atoms with Crippen molar-refractivity contribution < 1.29 is 27.9 Å². The molecule has 5 nitrogen and oxygen atoms in total. The first-order valence-corrected chi connectivity index (χ1v) is 7.05. The summed E-state index contributed by atoms with van der Waals surface area (Å²) in [6.07, 6.45) is -4.75. The van der Waals surface area contributed by atoms with Crippen LogP contribution in [-0.4, -0.2) is 29.6 Å². The van der Waals surface area contributed by atoms with Crippen molar-refractivity contribution in [1.29, 1.82) is 0 Å². The molecule has 1 aromatic carbocycles. The van der Waals surface area contributed by atoms with Gasteiger partial charge in [0.2, 0.25) is 0 Å². The Hall–Kier alpha value is -2.09. The Morgan fingerprint density at radius 2 is 1.70 bits per heavy atom. The van der Waals surface area contributed by atoms with Gasteiger partial charge < -0.3 is 15.7 Å². The van der Waals surface area contributed by atoms with Crippen molar-refractivity contribution in [1.82, 2.24) is 5.32 Å². The molecule has 0 heterocycles. The molecule has 0 saturated heterocycles. The van der Waals surface area contributed by atoms with Gasteiger partial charge in [0, 0.05) is 12.2 Å². The summed E-state index contributed by atoms with van der Waals surface area (Å²) in [6, 6.07) is 3.76. The lowest BCUT2D eigenvalue weighted by Gasteiger charge is -2.14. The minimum Gasteiger partial charge on any atom is -0.393 e. The predicted octanol–water partition coefficient (Wildman–Crippen LogP) is 2.17. The topological polar surface area (TPSA) is 78.4 Å². The Kier molecular flexibility index (Phi) is 6.56. The van der Waals surface area contributed by atoms with Crippen molar-refractivity contribution in [3.63, 3.8) is 0 Å². The fourth-order valence-electron chi connectivity index (χ4n) is 1.68. The third-order valence-corrected chi connectivity index (χ3v) is 3.17. The number of carbonyl (C=O) groups is 2. The van der Waals surface area contributed by atoms with Gasteiger partial charge >= 0.3 is 18.0 Å². The Morgan fingerprint density at radius 3 is 2.17 bits per heavy atom. The lowest BCUT2D eigenvalue weighted by Crippen LogP contribution is -2.37. The number of nitrogens with one attached hydrogen (secondary N) is 2. The molecule has 1 aromatic rings. The molecule has 0 spiro atoms. The number of rotatable bonds is 5. The van der Waals surface area contributed by atoms with Crippen molar-refractivity contribution in [2.75, 3.05) is 11.9 Å². The van der Waals surface area contributed by atoms with Crippen LogP contribution >= 0.6 is 0 Å². The highest BCUT2D eigenvalue weighted by Crippen LogP contribution is 2.29. The van der Waals surface area contributed by atoms with Crippen LogP contribution in [0.5, 0.6) is 0 Å². The van der Waals surface area contributed by atoms with E-state index in [4.69, 9.17) is 0 Å². The van der Waals surface area contributed by atoms with E-state index in [0.29, 0.717) is 6.42 Å². The lowest BCUT2D eigenvalue weighted by molar-refractivity contribution is -0.137. The van der Waals surface area contributed by atoms with E-state index in [1.54, 1.807) is 0 Å². The zero-order valence-electron chi connectivity index (χ0n) is 12.8. The van der Waals surface area contributed by atoms with E-state index >= 15 is 0 Å². The van der Waals surface area contributed by atoms with Crippen LogP contribution in [0.4, 0.5) is 18.9 Å². The van der Waals surface area contributed by atoms with E-state index in [0.717, 1.165) is 24.3 Å². The van der Waals surface area contributed by atoms with Gasteiger partial charge in [0.25, 0.3) is 0 Å². The van der Waals surface area contributed by atoms with Gasteiger partial charge in [-0.15, -0.1) is 0 Å². The molecule has 0 bridgehead atoms. The van der Waals surface area contributed by atoms with Gasteiger partial charge in [-0.05, 0) is 36.6 Å². The van der Waals surface area contributed by atoms with Gasteiger partial charge in [-0.1, -0.05) is 13.8 Å². The second-order valence-corrected chi connectivity index (χ2v) is 5.39. The van der Waals surface area contributed by atoms with Crippen LogP contribution < -0.4 is 10.6 Å². The van der Waals surface area contributed by atoms with E-state index < -0.39 is 29.7 Å². The number of benzene rings is 1. The number of aliphatic hydroxyl groups excluding tert-OH is 1. The van der Waals surface area contributed by atoms with Gasteiger partial charge in [0.1, 0.15) is 0 Å². The number of anilines is 1. The van der Waals surface area contributed by atoms with Crippen LogP contribution in [0.2, 0.25) is 0 Å². The number of alkyl halides is 3. The summed E-state index contributed by atoms with van der Waals surface area (Å²) in [5.74, 6) is -1.86. The van der Waals surface area contributed by atoms with Crippen LogP contribution in [0.25, 0.3) is 0 Å². The largest absolute Gasteiger partial charge is 0.416 e. The molecule has 2 amide bonds. The molecule has 8 heteroatoms. The fourth-order valence-corrected chi connectivity index (χ4v) is 1.68. The first-order chi connectivity index (χ1) is 10.6. The first-order valence-electron chi connectivity index (χ1n) is 7.05. The number of aliphatic hydroxyl groups is 1. The molecular formula is C15H19F3N2O3. The van der Waals surface area contributed by atoms with Gasteiger partial charge in [0.05, 0.1) is 11.7 Å². The minimum absolute atomic E-state index is 0.0351. The molecule has 1 unspecified atom stereocenters. The Bertz CT molecular complexity index is 542. The van der Waals surface area contributed by atoms with Crippen molar-refractivity contribution in [3.05, 3.63) is 29.8 Å². The highest BCUT2D eigenvalue weighted by molar-refractivity contribution is 6.39. The van der Waals surface area contributed by atoms with E-state index in [-0.39, 0.29) is 18.2 Å². The summed E-state index contributed by atoms with van der Waals surface area (Å²) >= 11 is 0. The quantitative estimate of drug-likeness (QED) is 0.723. The van der Waals surface area contributed by atoms with Crippen LogP contribution in [0.3, 0.4) is 0 Å². The Morgan fingerprint density at radius 1 is 1.13 bits per heavy atom. The maximum atomic E-state index is 12.4. The molecule has 3 N–H and O–H groups in total. The van der Waals surface area contributed by atoms with Crippen molar-refractivity contribution in [2.24, 2.45) is 5.92 Å². The fraction of sp³-hybridized carbons (Fsp3) is 0.467. The minimum atomic E-state index is -4.46. The normalized spacial score (nSPS) is 12.8. The molecule has 0 saturated carbocycles. The summed E-state index contributed by atoms with van der Waals surface area (Å²) in [7, 11) is 0. The van der Waals surface area contributed by atoms with Gasteiger partial charge in [-0.3, -0.25) is 9.59 Å². The Labute approximate surface area is 131 Å². The smallest absolute Gasteiger partial charge is 0.393 e. The molecule has 1 rings (SSSR count).